The summed E-state index contributed by atoms with van der Waals surface area (Å²) in [5.74, 6) is 1.12. The van der Waals surface area contributed by atoms with Gasteiger partial charge in [0.25, 0.3) is 0 Å². The van der Waals surface area contributed by atoms with Crippen LogP contribution in [0.2, 0.25) is 0 Å². The molecule has 0 unspecified atom stereocenters. The van der Waals surface area contributed by atoms with Crippen molar-refractivity contribution in [2.75, 3.05) is 0 Å². The van der Waals surface area contributed by atoms with Gasteiger partial charge < -0.3 is 14.5 Å². The summed E-state index contributed by atoms with van der Waals surface area (Å²) in [6.45, 7) is 8.83. The molecular formula is C12H17Li2P. The molecule has 0 aliphatic carbocycles. The summed E-state index contributed by atoms with van der Waals surface area (Å²) in [6.07, 6.45) is 0. The Bertz CT molecular complexity index is 269. The zero-order chi connectivity index (χ0) is 10.0. The smallest absolute Gasteiger partial charge is 1.00 e. The summed E-state index contributed by atoms with van der Waals surface area (Å²) in [5.41, 5.74) is 2.71. The molecule has 0 radical (unpaired) electrons. The van der Waals surface area contributed by atoms with Gasteiger partial charge in [-0.15, -0.1) is 11.1 Å². The number of hydrogen-bond acceptors (Lipinski definition) is 0. The van der Waals surface area contributed by atoms with Crippen molar-refractivity contribution in [3.05, 3.63) is 29.3 Å². The zero-order valence-electron chi connectivity index (χ0n) is 10.8. The number of hydrogen-bond donors (Lipinski definition) is 0. The molecule has 0 atom stereocenters. The van der Waals surface area contributed by atoms with E-state index in [1.807, 2.05) is 0 Å². The minimum absolute atomic E-state index is 0. The zero-order valence-corrected chi connectivity index (χ0v) is 11.7. The maximum Gasteiger partial charge on any atom is 1.00 e. The maximum atomic E-state index is 4.59. The van der Waals surface area contributed by atoms with Gasteiger partial charge in [-0.25, -0.2) is 0 Å². The van der Waals surface area contributed by atoms with Crippen LogP contribution < -0.4 is 43.0 Å². The molecule has 0 nitrogen and oxygen atoms in total. The standard InChI is InChI=1S/C12H17P.2Li/c1-8(2)10-6-5-7-11(9(3)4)12(10)13;;/h5-9H,1-4H3;;/q-2;2*+1. The van der Waals surface area contributed by atoms with Crippen LogP contribution in [0.25, 0.3) is 0 Å². The fourth-order valence-electron chi connectivity index (χ4n) is 1.51. The van der Waals surface area contributed by atoms with Crippen molar-refractivity contribution in [2.24, 2.45) is 0 Å². The molecule has 3 heteroatoms. The summed E-state index contributed by atoms with van der Waals surface area (Å²) < 4.78 is 0. The second kappa shape index (κ2) is 8.01. The number of rotatable bonds is 2. The van der Waals surface area contributed by atoms with Crippen molar-refractivity contribution in [1.82, 2.24) is 0 Å². The van der Waals surface area contributed by atoms with Crippen LogP contribution in [-0.2, 0) is 0 Å². The Labute approximate surface area is 121 Å². The second-order valence-electron chi connectivity index (χ2n) is 4.09. The normalized spacial score (nSPS) is 9.80. The molecule has 0 N–H and O–H groups in total. The van der Waals surface area contributed by atoms with Crippen molar-refractivity contribution in [3.63, 3.8) is 0 Å². The minimum Gasteiger partial charge on any atom is -1.45 e. The van der Waals surface area contributed by atoms with Gasteiger partial charge in [-0.05, 0) is 11.8 Å². The van der Waals surface area contributed by atoms with E-state index in [4.69, 9.17) is 0 Å². The van der Waals surface area contributed by atoms with Crippen LogP contribution in [0, 0.1) is 0 Å². The van der Waals surface area contributed by atoms with Crippen molar-refractivity contribution in [1.29, 1.82) is 0 Å². The molecule has 72 valence electrons. The van der Waals surface area contributed by atoms with Crippen molar-refractivity contribution in [3.8, 4) is 0 Å². The van der Waals surface area contributed by atoms with Gasteiger partial charge in [0.2, 0.25) is 0 Å². The summed E-state index contributed by atoms with van der Waals surface area (Å²) >= 11 is 0. The summed E-state index contributed by atoms with van der Waals surface area (Å²) in [6, 6.07) is 6.46. The van der Waals surface area contributed by atoms with Gasteiger partial charge in [0.1, 0.15) is 0 Å². The van der Waals surface area contributed by atoms with Crippen LogP contribution in [0.3, 0.4) is 0 Å². The molecular weight excluding hydrogens is 189 g/mol. The van der Waals surface area contributed by atoms with E-state index in [2.05, 4.69) is 55.1 Å². The Hall–Kier alpha value is 0.845. The van der Waals surface area contributed by atoms with E-state index in [0.717, 1.165) is 0 Å². The van der Waals surface area contributed by atoms with Crippen LogP contribution in [0.1, 0.15) is 50.7 Å². The fourth-order valence-corrected chi connectivity index (χ4v) is 2.18. The van der Waals surface area contributed by atoms with Crippen molar-refractivity contribution in [2.45, 2.75) is 39.5 Å². The van der Waals surface area contributed by atoms with Gasteiger partial charge in [-0.3, -0.25) is 0 Å². The summed E-state index contributed by atoms with van der Waals surface area (Å²) in [4.78, 5) is 0. The molecule has 0 heterocycles. The predicted molar refractivity (Wildman–Crippen MR) is 61.2 cm³/mol. The van der Waals surface area contributed by atoms with Gasteiger partial charge in [0, 0.05) is 0 Å². The van der Waals surface area contributed by atoms with Crippen LogP contribution in [0.15, 0.2) is 18.2 Å². The Morgan fingerprint density at radius 2 is 1.20 bits per heavy atom. The van der Waals surface area contributed by atoms with Crippen molar-refractivity contribution < 1.29 is 37.7 Å². The van der Waals surface area contributed by atoms with Gasteiger partial charge in [-0.2, -0.15) is 0 Å². The third-order valence-corrected chi connectivity index (χ3v) is 2.86. The molecule has 0 aliphatic rings. The fraction of sp³-hybridized carbons (Fsp3) is 0.500. The second-order valence-corrected chi connectivity index (χ2v) is 4.54. The maximum absolute atomic E-state index is 4.59. The molecule has 0 aromatic heterocycles. The van der Waals surface area contributed by atoms with Gasteiger partial charge in [0.05, 0.1) is 0 Å². The number of benzene rings is 1. The Morgan fingerprint density at radius 3 is 1.47 bits per heavy atom. The van der Waals surface area contributed by atoms with Crippen LogP contribution in [0.5, 0.6) is 0 Å². The van der Waals surface area contributed by atoms with Crippen LogP contribution in [-0.4, -0.2) is 0 Å². The topological polar surface area (TPSA) is 0 Å². The van der Waals surface area contributed by atoms with E-state index in [-0.39, 0.29) is 37.7 Å². The van der Waals surface area contributed by atoms with E-state index >= 15 is 0 Å². The van der Waals surface area contributed by atoms with Crippen LogP contribution >= 0.6 is 9.24 Å². The average Bonchev–Trinajstić information content (AvgIpc) is 2.03. The first-order valence-corrected chi connectivity index (χ1v) is 5.30. The SMILES string of the molecule is CC(C)c1cccc(C(C)C)c1[P-2].[Li+].[Li+]. The first-order valence-electron chi connectivity index (χ1n) is 4.85. The Kier molecular flexibility index (Phi) is 9.73. The van der Waals surface area contributed by atoms with E-state index in [1.54, 1.807) is 0 Å². The minimum atomic E-state index is 0. The first kappa shape index (κ1) is 18.2. The largest absolute Gasteiger partial charge is 1.45 e. The summed E-state index contributed by atoms with van der Waals surface area (Å²) in [5, 5.41) is 1.17. The monoisotopic (exact) mass is 206 g/mol. The van der Waals surface area contributed by atoms with Crippen LogP contribution in [0.4, 0.5) is 0 Å². The molecule has 0 spiro atoms. The van der Waals surface area contributed by atoms with Gasteiger partial charge >= 0.3 is 37.7 Å². The van der Waals surface area contributed by atoms with E-state index in [0.29, 0.717) is 11.8 Å². The molecule has 0 saturated heterocycles. The Balaban J connectivity index is 0. The third kappa shape index (κ3) is 4.69. The molecule has 0 aliphatic heterocycles. The molecule has 0 bridgehead atoms. The molecule has 1 rings (SSSR count). The molecule has 1 aromatic carbocycles. The molecule has 0 fully saturated rings. The predicted octanol–water partition coefficient (Wildman–Crippen LogP) is -2.02. The van der Waals surface area contributed by atoms with Gasteiger partial charge in [0.15, 0.2) is 0 Å². The Morgan fingerprint density at radius 1 is 0.867 bits per heavy atom. The van der Waals surface area contributed by atoms with E-state index in [9.17, 15) is 0 Å². The third-order valence-electron chi connectivity index (χ3n) is 2.34. The average molecular weight is 206 g/mol. The van der Waals surface area contributed by atoms with E-state index in [1.165, 1.54) is 16.4 Å². The first-order chi connectivity index (χ1) is 6.04. The molecule has 1 aromatic rings. The summed E-state index contributed by atoms with van der Waals surface area (Å²) in [7, 11) is 4.59. The van der Waals surface area contributed by atoms with Gasteiger partial charge in [-0.1, -0.05) is 45.9 Å². The quantitative estimate of drug-likeness (QED) is 0.387. The van der Waals surface area contributed by atoms with Crippen molar-refractivity contribution >= 4 is 14.5 Å². The molecule has 0 amide bonds. The molecule has 15 heavy (non-hydrogen) atoms. The van der Waals surface area contributed by atoms with E-state index < -0.39 is 0 Å². The molecule has 0 saturated carbocycles.